The van der Waals surface area contributed by atoms with Crippen molar-refractivity contribution in [2.24, 2.45) is 0 Å². The minimum Gasteiger partial charge on any atom is -0.454 e. The number of nitrogens with zero attached hydrogens (tertiary/aromatic N) is 4. The van der Waals surface area contributed by atoms with Gasteiger partial charge < -0.3 is 25.2 Å². The van der Waals surface area contributed by atoms with Gasteiger partial charge in [0.15, 0.2) is 17.1 Å². The van der Waals surface area contributed by atoms with Gasteiger partial charge in [0.2, 0.25) is 12.7 Å². The minimum atomic E-state index is 0.0967. The molecule has 3 N–H and O–H groups in total. The summed E-state index contributed by atoms with van der Waals surface area (Å²) in [7, 11) is 0. The lowest BCUT2D eigenvalue weighted by Gasteiger charge is -2.11. The summed E-state index contributed by atoms with van der Waals surface area (Å²) in [6.07, 6.45) is 2.35. The number of benzene rings is 2. The Morgan fingerprint density at radius 2 is 1.90 bits per heavy atom. The monoisotopic (exact) mass is 404 g/mol. The fourth-order valence-electron chi connectivity index (χ4n) is 3.23. The molecular formula is C21H20N6O3. The topological polar surface area (TPSA) is 106 Å². The van der Waals surface area contributed by atoms with Gasteiger partial charge in [-0.1, -0.05) is 18.2 Å². The van der Waals surface area contributed by atoms with Gasteiger partial charge in [0, 0.05) is 24.9 Å². The predicted molar refractivity (Wildman–Crippen MR) is 113 cm³/mol. The molecule has 30 heavy (non-hydrogen) atoms. The van der Waals surface area contributed by atoms with Gasteiger partial charge in [0.05, 0.1) is 17.3 Å². The Hall–Kier alpha value is -3.85. The molecule has 3 heterocycles. The lowest BCUT2D eigenvalue weighted by Crippen LogP contribution is -2.09. The summed E-state index contributed by atoms with van der Waals surface area (Å²) in [4.78, 5) is 9.28. The fourth-order valence-corrected chi connectivity index (χ4v) is 3.23. The first-order chi connectivity index (χ1) is 14.8. The van der Waals surface area contributed by atoms with E-state index in [9.17, 15) is 0 Å². The first kappa shape index (κ1) is 18.2. The second-order valence-corrected chi connectivity index (χ2v) is 6.72. The van der Waals surface area contributed by atoms with Crippen molar-refractivity contribution in [3.05, 3.63) is 54.7 Å². The van der Waals surface area contributed by atoms with Gasteiger partial charge in [0.25, 0.3) is 0 Å². The third kappa shape index (κ3) is 3.46. The maximum atomic E-state index is 9.07. The second-order valence-electron chi connectivity index (χ2n) is 6.72. The van der Waals surface area contributed by atoms with Crippen molar-refractivity contribution in [2.45, 2.75) is 6.42 Å². The minimum absolute atomic E-state index is 0.0967. The second kappa shape index (κ2) is 7.88. The Morgan fingerprint density at radius 3 is 2.77 bits per heavy atom. The molecule has 0 bridgehead atoms. The number of rotatable bonds is 7. The SMILES string of the molecule is OCCCNc1nc(Nc2ccc3c(c2)OCO3)c2cnn(-c3ccccc3)c2n1. The average Bonchev–Trinajstić information content (AvgIpc) is 3.41. The van der Waals surface area contributed by atoms with E-state index >= 15 is 0 Å². The quantitative estimate of drug-likeness (QED) is 0.404. The standard InChI is InChI=1S/C21H20N6O3/c28-10-4-9-22-21-25-19(24-14-7-8-17-18(11-14)30-13-29-17)16-12-23-27(20(16)26-21)15-5-2-1-3-6-15/h1-3,5-8,11-12,28H,4,9-10,13H2,(H2,22,24,25,26). The normalized spacial score (nSPS) is 12.3. The molecule has 9 nitrogen and oxygen atoms in total. The van der Waals surface area contributed by atoms with Crippen molar-refractivity contribution in [3.8, 4) is 17.2 Å². The molecule has 0 saturated heterocycles. The molecule has 0 unspecified atom stereocenters. The van der Waals surface area contributed by atoms with Crippen molar-refractivity contribution in [3.63, 3.8) is 0 Å². The molecule has 0 atom stereocenters. The van der Waals surface area contributed by atoms with E-state index in [1.165, 1.54) is 0 Å². The Kier molecular flexibility index (Phi) is 4.78. The van der Waals surface area contributed by atoms with Crippen molar-refractivity contribution < 1.29 is 14.6 Å². The van der Waals surface area contributed by atoms with Gasteiger partial charge >= 0.3 is 0 Å². The highest BCUT2D eigenvalue weighted by atomic mass is 16.7. The van der Waals surface area contributed by atoms with Crippen LogP contribution in [-0.4, -0.2) is 44.8 Å². The summed E-state index contributed by atoms with van der Waals surface area (Å²) in [5, 5.41) is 20.9. The van der Waals surface area contributed by atoms with Gasteiger partial charge in [0.1, 0.15) is 5.82 Å². The van der Waals surface area contributed by atoms with E-state index in [1.807, 2.05) is 48.5 Å². The molecule has 0 aliphatic carbocycles. The molecule has 0 radical (unpaired) electrons. The van der Waals surface area contributed by atoms with Gasteiger partial charge in [-0.15, -0.1) is 0 Å². The van der Waals surface area contributed by atoms with Crippen LogP contribution in [0.5, 0.6) is 11.5 Å². The average molecular weight is 404 g/mol. The molecule has 0 amide bonds. The zero-order chi connectivity index (χ0) is 20.3. The van der Waals surface area contributed by atoms with Crippen LogP contribution < -0.4 is 20.1 Å². The molecule has 0 saturated carbocycles. The number of nitrogens with one attached hydrogen (secondary N) is 2. The first-order valence-corrected chi connectivity index (χ1v) is 9.64. The maximum Gasteiger partial charge on any atom is 0.231 e. The molecule has 2 aromatic heterocycles. The van der Waals surface area contributed by atoms with Crippen molar-refractivity contribution in [1.29, 1.82) is 0 Å². The highest BCUT2D eigenvalue weighted by Gasteiger charge is 2.17. The fraction of sp³-hybridized carbons (Fsp3) is 0.190. The molecule has 0 spiro atoms. The highest BCUT2D eigenvalue weighted by molar-refractivity contribution is 5.90. The van der Waals surface area contributed by atoms with E-state index in [1.54, 1.807) is 10.9 Å². The molecule has 152 valence electrons. The van der Waals surface area contributed by atoms with E-state index in [0.717, 1.165) is 22.5 Å². The molecule has 4 aromatic rings. The Bertz CT molecular complexity index is 1180. The molecule has 1 aliphatic heterocycles. The van der Waals surface area contributed by atoms with Crippen LogP contribution in [0.15, 0.2) is 54.7 Å². The zero-order valence-electron chi connectivity index (χ0n) is 16.1. The lowest BCUT2D eigenvalue weighted by atomic mass is 10.2. The Morgan fingerprint density at radius 1 is 1.03 bits per heavy atom. The van der Waals surface area contributed by atoms with Crippen LogP contribution in [0.25, 0.3) is 16.7 Å². The number of aliphatic hydroxyl groups excluding tert-OH is 1. The number of anilines is 3. The van der Waals surface area contributed by atoms with E-state index in [0.29, 0.717) is 36.1 Å². The van der Waals surface area contributed by atoms with Gasteiger partial charge in [-0.3, -0.25) is 0 Å². The number of hydrogen-bond acceptors (Lipinski definition) is 8. The van der Waals surface area contributed by atoms with Crippen LogP contribution in [0, 0.1) is 0 Å². The van der Waals surface area contributed by atoms with Crippen LogP contribution >= 0.6 is 0 Å². The van der Waals surface area contributed by atoms with E-state index < -0.39 is 0 Å². The summed E-state index contributed by atoms with van der Waals surface area (Å²) in [6.45, 7) is 0.879. The molecule has 0 fully saturated rings. The summed E-state index contributed by atoms with van der Waals surface area (Å²) < 4.78 is 12.6. The smallest absolute Gasteiger partial charge is 0.231 e. The van der Waals surface area contributed by atoms with Crippen molar-refractivity contribution in [2.75, 3.05) is 30.6 Å². The Balaban J connectivity index is 1.56. The van der Waals surface area contributed by atoms with Gasteiger partial charge in [-0.2, -0.15) is 15.1 Å². The number of ether oxygens (including phenoxy) is 2. The third-order valence-electron chi connectivity index (χ3n) is 4.68. The Labute approximate surface area is 172 Å². The van der Waals surface area contributed by atoms with Crippen LogP contribution in [0.3, 0.4) is 0 Å². The maximum absolute atomic E-state index is 9.07. The molecule has 2 aromatic carbocycles. The van der Waals surface area contributed by atoms with Crippen molar-refractivity contribution in [1.82, 2.24) is 19.7 Å². The molecule has 5 rings (SSSR count). The molecular weight excluding hydrogens is 384 g/mol. The van der Waals surface area contributed by atoms with Crippen LogP contribution in [-0.2, 0) is 0 Å². The summed E-state index contributed by atoms with van der Waals surface area (Å²) in [5.74, 6) is 2.48. The van der Waals surface area contributed by atoms with E-state index in [4.69, 9.17) is 14.6 Å². The summed E-state index contributed by atoms with van der Waals surface area (Å²) >= 11 is 0. The number of aliphatic hydroxyl groups is 1. The molecule has 9 heteroatoms. The van der Waals surface area contributed by atoms with Gasteiger partial charge in [-0.25, -0.2) is 4.68 Å². The lowest BCUT2D eigenvalue weighted by molar-refractivity contribution is 0.174. The predicted octanol–water partition coefficient (Wildman–Crippen LogP) is 3.08. The number of fused-ring (bicyclic) bond motifs is 2. The van der Waals surface area contributed by atoms with E-state index in [2.05, 4.69) is 25.7 Å². The zero-order valence-corrected chi connectivity index (χ0v) is 16.1. The van der Waals surface area contributed by atoms with Crippen molar-refractivity contribution >= 4 is 28.5 Å². The van der Waals surface area contributed by atoms with Crippen LogP contribution in [0.1, 0.15) is 6.42 Å². The highest BCUT2D eigenvalue weighted by Crippen LogP contribution is 2.36. The summed E-state index contributed by atoms with van der Waals surface area (Å²) in [6, 6.07) is 15.4. The first-order valence-electron chi connectivity index (χ1n) is 9.64. The van der Waals surface area contributed by atoms with Gasteiger partial charge in [-0.05, 0) is 30.7 Å². The molecule has 1 aliphatic rings. The summed E-state index contributed by atoms with van der Waals surface area (Å²) in [5.41, 5.74) is 2.39. The largest absolute Gasteiger partial charge is 0.454 e. The van der Waals surface area contributed by atoms with E-state index in [-0.39, 0.29) is 13.4 Å². The number of hydrogen-bond donors (Lipinski definition) is 3. The van der Waals surface area contributed by atoms with Crippen LogP contribution in [0.2, 0.25) is 0 Å². The number of aromatic nitrogens is 4. The third-order valence-corrected chi connectivity index (χ3v) is 4.68. The van der Waals surface area contributed by atoms with Crippen LogP contribution in [0.4, 0.5) is 17.5 Å². The number of para-hydroxylation sites is 1.